The number of rotatable bonds is 11. The summed E-state index contributed by atoms with van der Waals surface area (Å²) in [6, 6.07) is 0. The predicted molar refractivity (Wildman–Crippen MR) is 116 cm³/mol. The van der Waals surface area contributed by atoms with Gasteiger partial charge in [0.1, 0.15) is 6.10 Å². The van der Waals surface area contributed by atoms with E-state index in [4.69, 9.17) is 14.6 Å². The number of carboxylic acids is 1. The van der Waals surface area contributed by atoms with E-state index in [-0.39, 0.29) is 42.7 Å². The molecule has 7 nitrogen and oxygen atoms in total. The molecule has 0 aliphatic heterocycles. The van der Waals surface area contributed by atoms with Gasteiger partial charge in [0.15, 0.2) is 5.60 Å². The van der Waals surface area contributed by atoms with Gasteiger partial charge in [-0.05, 0) is 70.3 Å². The Bertz CT molecular complexity index is 681. The van der Waals surface area contributed by atoms with Crippen molar-refractivity contribution in [2.75, 3.05) is 6.61 Å². The molecule has 0 saturated carbocycles. The van der Waals surface area contributed by atoms with Crippen LogP contribution in [0.5, 0.6) is 0 Å². The van der Waals surface area contributed by atoms with E-state index in [1.165, 1.54) is 5.57 Å². The number of allylic oxidation sites excluding steroid dienone is 3. The first kappa shape index (κ1) is 25.6. The summed E-state index contributed by atoms with van der Waals surface area (Å²) in [5.41, 5.74) is 0.166. The van der Waals surface area contributed by atoms with Gasteiger partial charge < -0.3 is 24.8 Å². The first-order chi connectivity index (χ1) is 14.5. The van der Waals surface area contributed by atoms with Crippen LogP contribution in [0.3, 0.4) is 0 Å². The van der Waals surface area contributed by atoms with Gasteiger partial charge in [-0.15, -0.1) is 0 Å². The van der Waals surface area contributed by atoms with Gasteiger partial charge in [-0.25, -0.2) is 4.79 Å². The molecule has 0 fully saturated rings. The molecule has 0 aromatic carbocycles. The second kappa shape index (κ2) is 11.2. The molecule has 6 atom stereocenters. The third-order valence-electron chi connectivity index (χ3n) is 6.39. The molecule has 2 aliphatic carbocycles. The van der Waals surface area contributed by atoms with Crippen molar-refractivity contribution in [2.45, 2.75) is 90.1 Å². The third kappa shape index (κ3) is 7.16. The molecule has 0 aromatic rings. The SMILES string of the molecule is CCOC(C)(C)C(=O)OC1CCC=C2C=CC(C)C(CCC(O)CC(O)CC(=O)O)C21. The van der Waals surface area contributed by atoms with Crippen molar-refractivity contribution in [3.8, 4) is 0 Å². The Hall–Kier alpha value is -1.70. The smallest absolute Gasteiger partial charge is 0.338 e. The number of aliphatic carboxylic acids is 1. The van der Waals surface area contributed by atoms with Crippen molar-refractivity contribution in [3.05, 3.63) is 23.8 Å². The molecule has 0 bridgehead atoms. The number of carboxylic acid groups (broad SMARTS) is 1. The average Bonchev–Trinajstić information content (AvgIpc) is 2.66. The van der Waals surface area contributed by atoms with Crippen molar-refractivity contribution in [1.29, 1.82) is 0 Å². The maximum absolute atomic E-state index is 12.8. The van der Waals surface area contributed by atoms with Crippen LogP contribution < -0.4 is 0 Å². The minimum Gasteiger partial charge on any atom is -0.481 e. The number of aliphatic hydroxyl groups is 2. The summed E-state index contributed by atoms with van der Waals surface area (Å²) in [4.78, 5) is 23.5. The Balaban J connectivity index is 2.07. The number of hydrogen-bond acceptors (Lipinski definition) is 6. The predicted octanol–water partition coefficient (Wildman–Crippen LogP) is 3.24. The maximum atomic E-state index is 12.8. The number of aliphatic hydroxyl groups excluding tert-OH is 2. The highest BCUT2D eigenvalue weighted by Crippen LogP contribution is 2.44. The Morgan fingerprint density at radius 2 is 1.97 bits per heavy atom. The van der Waals surface area contributed by atoms with Crippen molar-refractivity contribution in [3.63, 3.8) is 0 Å². The molecule has 0 aromatic heterocycles. The summed E-state index contributed by atoms with van der Waals surface area (Å²) in [7, 11) is 0. The number of hydrogen-bond donors (Lipinski definition) is 3. The van der Waals surface area contributed by atoms with Crippen LogP contribution in [-0.4, -0.2) is 57.8 Å². The molecule has 0 amide bonds. The van der Waals surface area contributed by atoms with Crippen LogP contribution >= 0.6 is 0 Å². The highest BCUT2D eigenvalue weighted by molar-refractivity contribution is 5.78. The first-order valence-corrected chi connectivity index (χ1v) is 11.4. The second-order valence-electron chi connectivity index (χ2n) is 9.29. The number of esters is 1. The Morgan fingerprint density at radius 3 is 2.61 bits per heavy atom. The standard InChI is InChI=1S/C24H38O7/c1-5-30-24(3,4)23(29)31-20-8-6-7-16-10-9-15(2)19(22(16)20)12-11-17(25)13-18(26)14-21(27)28/h7,9-10,15,17-20,22,25-26H,5-6,8,11-14H2,1-4H3,(H,27,28). The summed E-state index contributed by atoms with van der Waals surface area (Å²) >= 11 is 0. The fourth-order valence-corrected chi connectivity index (χ4v) is 4.75. The molecule has 31 heavy (non-hydrogen) atoms. The van der Waals surface area contributed by atoms with Crippen LogP contribution in [0, 0.1) is 17.8 Å². The second-order valence-corrected chi connectivity index (χ2v) is 9.29. The van der Waals surface area contributed by atoms with Crippen LogP contribution in [0.4, 0.5) is 0 Å². The maximum Gasteiger partial charge on any atom is 0.338 e. The highest BCUT2D eigenvalue weighted by atomic mass is 16.6. The molecule has 0 spiro atoms. The minimum absolute atomic E-state index is 0.0392. The molecule has 176 valence electrons. The van der Waals surface area contributed by atoms with Gasteiger partial charge >= 0.3 is 11.9 Å². The third-order valence-corrected chi connectivity index (χ3v) is 6.39. The van der Waals surface area contributed by atoms with E-state index in [9.17, 15) is 19.8 Å². The van der Waals surface area contributed by atoms with Crippen LogP contribution in [0.25, 0.3) is 0 Å². The van der Waals surface area contributed by atoms with E-state index in [1.54, 1.807) is 13.8 Å². The quantitative estimate of drug-likeness (QED) is 0.424. The molecule has 0 heterocycles. The van der Waals surface area contributed by atoms with Gasteiger partial charge in [-0.2, -0.15) is 0 Å². The fourth-order valence-electron chi connectivity index (χ4n) is 4.75. The summed E-state index contributed by atoms with van der Waals surface area (Å²) in [5.74, 6) is -0.972. The molecule has 3 N–H and O–H groups in total. The Labute approximate surface area is 185 Å². The first-order valence-electron chi connectivity index (χ1n) is 11.4. The van der Waals surface area contributed by atoms with Gasteiger partial charge in [0.05, 0.1) is 18.6 Å². The Morgan fingerprint density at radius 1 is 1.26 bits per heavy atom. The topological polar surface area (TPSA) is 113 Å². The van der Waals surface area contributed by atoms with Gasteiger partial charge in [0, 0.05) is 12.5 Å². The van der Waals surface area contributed by atoms with Crippen LogP contribution in [0.1, 0.15) is 66.2 Å². The summed E-state index contributed by atoms with van der Waals surface area (Å²) in [6.07, 6.45) is 6.79. The van der Waals surface area contributed by atoms with E-state index in [0.717, 1.165) is 12.8 Å². The van der Waals surface area contributed by atoms with Crippen LogP contribution in [0.15, 0.2) is 23.8 Å². The fraction of sp³-hybridized carbons (Fsp3) is 0.750. The normalized spacial score (nSPS) is 27.7. The minimum atomic E-state index is -1.08. The zero-order valence-electron chi connectivity index (χ0n) is 19.1. The van der Waals surface area contributed by atoms with E-state index >= 15 is 0 Å². The van der Waals surface area contributed by atoms with Crippen LogP contribution in [-0.2, 0) is 19.1 Å². The van der Waals surface area contributed by atoms with Gasteiger partial charge in [0.2, 0.25) is 0 Å². The number of ether oxygens (including phenoxy) is 2. The average molecular weight is 439 g/mol. The lowest BCUT2D eigenvalue weighted by atomic mass is 9.66. The van der Waals surface area contributed by atoms with Gasteiger partial charge in [-0.1, -0.05) is 25.2 Å². The Kier molecular flexibility index (Phi) is 9.28. The van der Waals surface area contributed by atoms with E-state index in [1.807, 2.05) is 6.92 Å². The van der Waals surface area contributed by atoms with E-state index in [2.05, 4.69) is 25.2 Å². The zero-order valence-corrected chi connectivity index (χ0v) is 19.1. The van der Waals surface area contributed by atoms with Crippen molar-refractivity contribution < 1.29 is 34.4 Å². The van der Waals surface area contributed by atoms with Crippen molar-refractivity contribution >= 4 is 11.9 Å². The van der Waals surface area contributed by atoms with E-state index in [0.29, 0.717) is 19.4 Å². The lowest BCUT2D eigenvalue weighted by Gasteiger charge is -2.42. The number of carbonyl (C=O) groups is 2. The molecular formula is C24H38O7. The molecule has 6 unspecified atom stereocenters. The lowest BCUT2D eigenvalue weighted by molar-refractivity contribution is -0.177. The molecule has 0 saturated heterocycles. The molecule has 2 aliphatic rings. The van der Waals surface area contributed by atoms with Gasteiger partial charge in [0.25, 0.3) is 0 Å². The highest BCUT2D eigenvalue weighted by Gasteiger charge is 2.42. The summed E-state index contributed by atoms with van der Waals surface area (Å²) in [5, 5.41) is 28.9. The number of carbonyl (C=O) groups excluding carboxylic acids is 1. The zero-order chi connectivity index (χ0) is 23.2. The van der Waals surface area contributed by atoms with Crippen molar-refractivity contribution in [1.82, 2.24) is 0 Å². The molecular weight excluding hydrogens is 400 g/mol. The van der Waals surface area contributed by atoms with Gasteiger partial charge in [-0.3, -0.25) is 4.79 Å². The van der Waals surface area contributed by atoms with E-state index < -0.39 is 23.8 Å². The molecule has 2 rings (SSSR count). The largest absolute Gasteiger partial charge is 0.481 e. The number of fused-ring (bicyclic) bond motifs is 1. The van der Waals surface area contributed by atoms with Crippen molar-refractivity contribution in [2.24, 2.45) is 17.8 Å². The monoisotopic (exact) mass is 438 g/mol. The summed E-state index contributed by atoms with van der Waals surface area (Å²) in [6.45, 7) is 7.84. The molecule has 7 heteroatoms. The lowest BCUT2D eigenvalue weighted by Crippen LogP contribution is -2.44. The summed E-state index contributed by atoms with van der Waals surface area (Å²) < 4.78 is 11.5. The van der Waals surface area contributed by atoms with Crippen LogP contribution in [0.2, 0.25) is 0 Å². The molecule has 0 radical (unpaired) electrons.